The highest BCUT2D eigenvalue weighted by Crippen LogP contribution is 2.33. The molecule has 2 heterocycles. The molecule has 104 valence electrons. The molecule has 2 rings (SSSR count). The predicted octanol–water partition coefficient (Wildman–Crippen LogP) is 1.40. The monoisotopic (exact) mass is 254 g/mol. The third-order valence-electron chi connectivity index (χ3n) is 4.27. The zero-order chi connectivity index (χ0) is 13.4. The molecule has 0 saturated carbocycles. The van der Waals surface area contributed by atoms with Gasteiger partial charge in [0.1, 0.15) is 6.61 Å². The fourth-order valence-corrected chi connectivity index (χ4v) is 2.98. The van der Waals surface area contributed by atoms with Gasteiger partial charge in [0.2, 0.25) is 5.91 Å². The SMILES string of the molecule is CC1(C2CCCNC2)CN(C(C)(C)C)C(=O)CO1. The lowest BCUT2D eigenvalue weighted by Crippen LogP contribution is -2.63. The van der Waals surface area contributed by atoms with Gasteiger partial charge in [0, 0.05) is 18.0 Å². The Hall–Kier alpha value is -0.610. The lowest BCUT2D eigenvalue weighted by Gasteiger charge is -2.50. The molecule has 0 radical (unpaired) electrons. The first-order valence-electron chi connectivity index (χ1n) is 6.98. The van der Waals surface area contributed by atoms with Crippen LogP contribution in [0.4, 0.5) is 0 Å². The van der Waals surface area contributed by atoms with Gasteiger partial charge in [-0.1, -0.05) is 0 Å². The lowest BCUT2D eigenvalue weighted by atomic mass is 9.81. The third-order valence-corrected chi connectivity index (χ3v) is 4.27. The molecule has 18 heavy (non-hydrogen) atoms. The molecule has 1 N–H and O–H groups in total. The Morgan fingerprint density at radius 3 is 2.72 bits per heavy atom. The molecule has 0 aromatic carbocycles. The van der Waals surface area contributed by atoms with E-state index in [4.69, 9.17) is 4.74 Å². The number of ether oxygens (including phenoxy) is 1. The van der Waals surface area contributed by atoms with Gasteiger partial charge in [0.25, 0.3) is 0 Å². The predicted molar refractivity (Wildman–Crippen MR) is 71.4 cm³/mol. The summed E-state index contributed by atoms with van der Waals surface area (Å²) in [6.45, 7) is 11.5. The van der Waals surface area contributed by atoms with Gasteiger partial charge in [-0.2, -0.15) is 0 Å². The van der Waals surface area contributed by atoms with Crippen molar-refractivity contribution in [2.24, 2.45) is 5.92 Å². The van der Waals surface area contributed by atoms with E-state index in [1.165, 1.54) is 12.8 Å². The number of amides is 1. The highest BCUT2D eigenvalue weighted by Gasteiger charge is 2.45. The van der Waals surface area contributed by atoms with Crippen LogP contribution >= 0.6 is 0 Å². The summed E-state index contributed by atoms with van der Waals surface area (Å²) in [5.74, 6) is 0.618. The van der Waals surface area contributed by atoms with E-state index in [1.807, 2.05) is 4.90 Å². The zero-order valence-electron chi connectivity index (χ0n) is 12.1. The van der Waals surface area contributed by atoms with Crippen LogP contribution in [0, 0.1) is 5.92 Å². The highest BCUT2D eigenvalue weighted by atomic mass is 16.5. The van der Waals surface area contributed by atoms with Gasteiger partial charge in [-0.05, 0) is 47.1 Å². The number of hydrogen-bond donors (Lipinski definition) is 1. The van der Waals surface area contributed by atoms with Crippen molar-refractivity contribution in [2.75, 3.05) is 26.2 Å². The molecule has 1 amide bonds. The number of hydrogen-bond acceptors (Lipinski definition) is 3. The quantitative estimate of drug-likeness (QED) is 0.769. The summed E-state index contributed by atoms with van der Waals surface area (Å²) in [5, 5.41) is 3.44. The average Bonchev–Trinajstić information content (AvgIpc) is 2.32. The Morgan fingerprint density at radius 2 is 2.17 bits per heavy atom. The summed E-state index contributed by atoms with van der Waals surface area (Å²) in [4.78, 5) is 14.0. The Morgan fingerprint density at radius 1 is 1.44 bits per heavy atom. The molecule has 4 nitrogen and oxygen atoms in total. The number of nitrogens with zero attached hydrogens (tertiary/aromatic N) is 1. The van der Waals surface area contributed by atoms with Crippen molar-refractivity contribution in [1.82, 2.24) is 10.2 Å². The molecule has 2 fully saturated rings. The average molecular weight is 254 g/mol. The summed E-state index contributed by atoms with van der Waals surface area (Å²) in [6, 6.07) is 0. The maximum atomic E-state index is 12.0. The molecule has 0 bridgehead atoms. The van der Waals surface area contributed by atoms with Gasteiger partial charge in [0.15, 0.2) is 0 Å². The minimum absolute atomic E-state index is 0.115. The summed E-state index contributed by atoms with van der Waals surface area (Å²) < 4.78 is 5.91. The van der Waals surface area contributed by atoms with E-state index in [-0.39, 0.29) is 23.7 Å². The zero-order valence-corrected chi connectivity index (χ0v) is 12.1. The third kappa shape index (κ3) is 2.69. The van der Waals surface area contributed by atoms with Crippen molar-refractivity contribution in [1.29, 1.82) is 0 Å². The summed E-state index contributed by atoms with van der Waals surface area (Å²) in [5.41, 5.74) is -0.321. The first-order valence-corrected chi connectivity index (χ1v) is 6.98. The smallest absolute Gasteiger partial charge is 0.249 e. The molecule has 0 aromatic rings. The minimum Gasteiger partial charge on any atom is -0.363 e. The Balaban J connectivity index is 2.11. The number of carbonyl (C=O) groups is 1. The fraction of sp³-hybridized carbons (Fsp3) is 0.929. The Bertz CT molecular complexity index is 318. The van der Waals surface area contributed by atoms with Crippen molar-refractivity contribution >= 4 is 5.91 Å². The molecule has 0 aromatic heterocycles. The standard InChI is InChI=1S/C14H26N2O2/c1-13(2,3)16-10-14(4,18-9-12(16)17)11-6-5-7-15-8-11/h11,15H,5-10H2,1-4H3. The van der Waals surface area contributed by atoms with Gasteiger partial charge >= 0.3 is 0 Å². The van der Waals surface area contributed by atoms with E-state index < -0.39 is 0 Å². The highest BCUT2D eigenvalue weighted by molar-refractivity contribution is 5.79. The maximum Gasteiger partial charge on any atom is 0.249 e. The largest absolute Gasteiger partial charge is 0.363 e. The van der Waals surface area contributed by atoms with Crippen LogP contribution in [-0.2, 0) is 9.53 Å². The topological polar surface area (TPSA) is 41.6 Å². The number of carbonyl (C=O) groups excluding carboxylic acids is 1. The second-order valence-electron chi connectivity index (χ2n) is 6.80. The van der Waals surface area contributed by atoms with Gasteiger partial charge in [-0.25, -0.2) is 0 Å². The van der Waals surface area contributed by atoms with Crippen LogP contribution < -0.4 is 5.32 Å². The molecule has 2 aliphatic heterocycles. The van der Waals surface area contributed by atoms with Gasteiger partial charge in [-0.15, -0.1) is 0 Å². The van der Waals surface area contributed by atoms with Crippen molar-refractivity contribution < 1.29 is 9.53 Å². The lowest BCUT2D eigenvalue weighted by molar-refractivity contribution is -0.179. The van der Waals surface area contributed by atoms with Crippen LogP contribution in [0.25, 0.3) is 0 Å². The van der Waals surface area contributed by atoms with Crippen molar-refractivity contribution in [2.45, 2.75) is 51.7 Å². The summed E-state index contributed by atoms with van der Waals surface area (Å²) >= 11 is 0. The van der Waals surface area contributed by atoms with E-state index in [0.717, 1.165) is 13.1 Å². The van der Waals surface area contributed by atoms with Gasteiger partial charge in [-0.3, -0.25) is 4.79 Å². The molecule has 0 spiro atoms. The van der Waals surface area contributed by atoms with Crippen molar-refractivity contribution in [3.63, 3.8) is 0 Å². The summed E-state index contributed by atoms with van der Waals surface area (Å²) in [6.07, 6.45) is 2.39. The van der Waals surface area contributed by atoms with E-state index in [1.54, 1.807) is 0 Å². The molecule has 2 saturated heterocycles. The van der Waals surface area contributed by atoms with E-state index >= 15 is 0 Å². The number of piperidine rings is 1. The van der Waals surface area contributed by atoms with Crippen molar-refractivity contribution in [3.05, 3.63) is 0 Å². The second-order valence-corrected chi connectivity index (χ2v) is 6.80. The van der Waals surface area contributed by atoms with Crippen LogP contribution in [0.15, 0.2) is 0 Å². The van der Waals surface area contributed by atoms with Crippen LogP contribution in [0.2, 0.25) is 0 Å². The first-order chi connectivity index (χ1) is 8.33. The second kappa shape index (κ2) is 4.82. The van der Waals surface area contributed by atoms with Crippen LogP contribution in [0.5, 0.6) is 0 Å². The maximum absolute atomic E-state index is 12.0. The van der Waals surface area contributed by atoms with Crippen LogP contribution in [0.3, 0.4) is 0 Å². The van der Waals surface area contributed by atoms with Gasteiger partial charge < -0.3 is 15.0 Å². The molecule has 2 atom stereocenters. The molecule has 4 heteroatoms. The van der Waals surface area contributed by atoms with Crippen LogP contribution in [0.1, 0.15) is 40.5 Å². The fourth-order valence-electron chi connectivity index (χ4n) is 2.98. The van der Waals surface area contributed by atoms with Crippen LogP contribution in [-0.4, -0.2) is 48.2 Å². The first kappa shape index (κ1) is 13.8. The van der Waals surface area contributed by atoms with Gasteiger partial charge in [0.05, 0.1) is 12.1 Å². The molecular weight excluding hydrogens is 228 g/mol. The molecule has 0 aliphatic carbocycles. The summed E-state index contributed by atoms with van der Waals surface area (Å²) in [7, 11) is 0. The van der Waals surface area contributed by atoms with E-state index in [2.05, 4.69) is 33.0 Å². The minimum atomic E-state index is -0.200. The molecule has 2 aliphatic rings. The Kier molecular flexibility index (Phi) is 3.70. The Labute approximate surface area is 110 Å². The molecular formula is C14H26N2O2. The van der Waals surface area contributed by atoms with Crippen molar-refractivity contribution in [3.8, 4) is 0 Å². The van der Waals surface area contributed by atoms with E-state index in [0.29, 0.717) is 12.5 Å². The van der Waals surface area contributed by atoms with E-state index in [9.17, 15) is 4.79 Å². The normalized spacial score (nSPS) is 34.8. The number of nitrogens with one attached hydrogen (secondary N) is 1. The number of morpholine rings is 1. The molecule has 2 unspecified atom stereocenters. The number of rotatable bonds is 1.